The summed E-state index contributed by atoms with van der Waals surface area (Å²) >= 11 is 0. The number of rotatable bonds is 4. The maximum atomic E-state index is 3.80. The molecule has 2 heteroatoms. The van der Waals surface area contributed by atoms with Gasteiger partial charge in [-0.3, -0.25) is 4.90 Å². The van der Waals surface area contributed by atoms with Gasteiger partial charge in [0, 0.05) is 31.2 Å². The van der Waals surface area contributed by atoms with Crippen molar-refractivity contribution in [3.8, 4) is 0 Å². The first-order valence-corrected chi connectivity index (χ1v) is 9.20. The third-order valence-electron chi connectivity index (χ3n) is 5.92. The van der Waals surface area contributed by atoms with E-state index >= 15 is 0 Å². The maximum Gasteiger partial charge on any atom is 0.00967 e. The first-order chi connectivity index (χ1) is 9.71. The minimum atomic E-state index is 0.240. The van der Waals surface area contributed by atoms with E-state index in [9.17, 15) is 0 Å². The summed E-state index contributed by atoms with van der Waals surface area (Å²) in [5.41, 5.74) is 0.766. The molecule has 0 radical (unpaired) electrons. The van der Waals surface area contributed by atoms with Gasteiger partial charge in [0.25, 0.3) is 0 Å². The predicted molar refractivity (Wildman–Crippen MR) is 92.6 cm³/mol. The van der Waals surface area contributed by atoms with Gasteiger partial charge in [-0.15, -0.1) is 0 Å². The van der Waals surface area contributed by atoms with E-state index in [1.807, 2.05) is 0 Å². The van der Waals surface area contributed by atoms with Crippen LogP contribution in [0.3, 0.4) is 0 Å². The molecule has 1 saturated heterocycles. The van der Waals surface area contributed by atoms with Crippen LogP contribution in [0, 0.1) is 17.3 Å². The Labute approximate surface area is 133 Å². The Morgan fingerprint density at radius 3 is 2.29 bits per heavy atom. The van der Waals surface area contributed by atoms with Gasteiger partial charge in [0.05, 0.1) is 0 Å². The lowest BCUT2D eigenvalue weighted by molar-refractivity contribution is 0.0351. The first-order valence-electron chi connectivity index (χ1n) is 9.20. The zero-order valence-electron chi connectivity index (χ0n) is 15.3. The molecule has 2 aliphatic rings. The van der Waals surface area contributed by atoms with Gasteiger partial charge in [0.2, 0.25) is 0 Å². The third-order valence-corrected chi connectivity index (χ3v) is 5.92. The Kier molecular flexibility index (Phi) is 5.41. The second kappa shape index (κ2) is 6.58. The molecule has 0 aromatic carbocycles. The SMILES string of the molecule is CC1CC(C)C(C)N(CC2(CNC(C)(C)C)CCCC2)C1. The molecule has 0 spiro atoms. The van der Waals surface area contributed by atoms with Crippen LogP contribution < -0.4 is 5.32 Å². The molecule has 21 heavy (non-hydrogen) atoms. The molecule has 0 amide bonds. The second-order valence-electron chi connectivity index (χ2n) is 9.30. The molecule has 124 valence electrons. The van der Waals surface area contributed by atoms with Crippen LogP contribution in [0.25, 0.3) is 0 Å². The highest BCUT2D eigenvalue weighted by atomic mass is 15.2. The van der Waals surface area contributed by atoms with Crippen molar-refractivity contribution in [2.75, 3.05) is 19.6 Å². The molecule has 0 aromatic rings. The van der Waals surface area contributed by atoms with E-state index in [1.165, 1.54) is 51.7 Å². The van der Waals surface area contributed by atoms with Crippen molar-refractivity contribution in [3.63, 3.8) is 0 Å². The van der Waals surface area contributed by atoms with Gasteiger partial charge in [-0.05, 0) is 64.2 Å². The molecule has 0 bridgehead atoms. The van der Waals surface area contributed by atoms with Crippen molar-refractivity contribution in [2.24, 2.45) is 17.3 Å². The van der Waals surface area contributed by atoms with Crippen LogP contribution in [-0.4, -0.2) is 36.1 Å². The number of hydrogen-bond donors (Lipinski definition) is 1. The molecule has 1 aliphatic carbocycles. The highest BCUT2D eigenvalue weighted by molar-refractivity contribution is 4.94. The summed E-state index contributed by atoms with van der Waals surface area (Å²) in [6.45, 7) is 18.0. The standard InChI is InChI=1S/C19H38N2/c1-15-11-16(2)17(3)21(12-15)14-19(9-7-8-10-19)13-20-18(4,5)6/h15-17,20H,7-14H2,1-6H3. The highest BCUT2D eigenvalue weighted by Gasteiger charge is 2.39. The largest absolute Gasteiger partial charge is 0.311 e. The smallest absolute Gasteiger partial charge is 0.00967 e. The molecule has 0 aromatic heterocycles. The Morgan fingerprint density at radius 2 is 1.71 bits per heavy atom. The van der Waals surface area contributed by atoms with Crippen molar-refractivity contribution in [3.05, 3.63) is 0 Å². The summed E-state index contributed by atoms with van der Waals surface area (Å²) in [4.78, 5) is 2.81. The fourth-order valence-electron chi connectivity index (χ4n) is 4.44. The normalized spacial score (nSPS) is 34.3. The number of hydrogen-bond acceptors (Lipinski definition) is 2. The predicted octanol–water partition coefficient (Wildman–Crippen LogP) is 4.30. The van der Waals surface area contributed by atoms with Gasteiger partial charge in [-0.1, -0.05) is 26.7 Å². The topological polar surface area (TPSA) is 15.3 Å². The monoisotopic (exact) mass is 294 g/mol. The van der Waals surface area contributed by atoms with Crippen LogP contribution in [0.4, 0.5) is 0 Å². The molecule has 1 saturated carbocycles. The average Bonchev–Trinajstić information content (AvgIpc) is 2.81. The van der Waals surface area contributed by atoms with Crippen LogP contribution in [0.1, 0.15) is 73.6 Å². The maximum absolute atomic E-state index is 3.80. The van der Waals surface area contributed by atoms with Crippen molar-refractivity contribution in [2.45, 2.75) is 85.2 Å². The molecule has 1 heterocycles. The molecule has 2 fully saturated rings. The van der Waals surface area contributed by atoms with E-state index in [4.69, 9.17) is 0 Å². The minimum Gasteiger partial charge on any atom is -0.311 e. The summed E-state index contributed by atoms with van der Waals surface area (Å²) in [6, 6.07) is 0.758. The first kappa shape index (κ1) is 17.3. The zero-order valence-corrected chi connectivity index (χ0v) is 15.3. The summed E-state index contributed by atoms with van der Waals surface area (Å²) in [7, 11) is 0. The zero-order chi connectivity index (χ0) is 15.7. The summed E-state index contributed by atoms with van der Waals surface area (Å²) in [5.74, 6) is 1.72. The fourth-order valence-corrected chi connectivity index (χ4v) is 4.44. The van der Waals surface area contributed by atoms with Gasteiger partial charge in [0.15, 0.2) is 0 Å². The molecule has 3 unspecified atom stereocenters. The van der Waals surface area contributed by atoms with Crippen LogP contribution in [0.15, 0.2) is 0 Å². The average molecular weight is 295 g/mol. The minimum absolute atomic E-state index is 0.240. The summed E-state index contributed by atoms with van der Waals surface area (Å²) in [5, 5.41) is 3.80. The Bertz CT molecular complexity index is 325. The third kappa shape index (κ3) is 4.69. The van der Waals surface area contributed by atoms with E-state index in [1.54, 1.807) is 0 Å². The molecule has 2 rings (SSSR count). The van der Waals surface area contributed by atoms with Gasteiger partial charge in [-0.25, -0.2) is 0 Å². The van der Waals surface area contributed by atoms with Crippen LogP contribution >= 0.6 is 0 Å². The fraction of sp³-hybridized carbons (Fsp3) is 1.00. The highest BCUT2D eigenvalue weighted by Crippen LogP contribution is 2.40. The Balaban J connectivity index is 2.01. The second-order valence-corrected chi connectivity index (χ2v) is 9.30. The lowest BCUT2D eigenvalue weighted by Crippen LogP contribution is -2.53. The molecule has 2 nitrogen and oxygen atoms in total. The van der Waals surface area contributed by atoms with E-state index in [-0.39, 0.29) is 5.54 Å². The molecular formula is C19H38N2. The van der Waals surface area contributed by atoms with Gasteiger partial charge < -0.3 is 5.32 Å². The van der Waals surface area contributed by atoms with Crippen molar-refractivity contribution < 1.29 is 0 Å². The quantitative estimate of drug-likeness (QED) is 0.831. The number of nitrogens with zero attached hydrogens (tertiary/aromatic N) is 1. The van der Waals surface area contributed by atoms with Gasteiger partial charge in [-0.2, -0.15) is 0 Å². The van der Waals surface area contributed by atoms with E-state index < -0.39 is 0 Å². The Morgan fingerprint density at radius 1 is 1.10 bits per heavy atom. The lowest BCUT2D eigenvalue weighted by atomic mass is 9.80. The van der Waals surface area contributed by atoms with Gasteiger partial charge >= 0.3 is 0 Å². The van der Waals surface area contributed by atoms with Gasteiger partial charge in [0.1, 0.15) is 0 Å². The molecule has 1 N–H and O–H groups in total. The van der Waals surface area contributed by atoms with Crippen molar-refractivity contribution >= 4 is 0 Å². The van der Waals surface area contributed by atoms with Crippen LogP contribution in [0.2, 0.25) is 0 Å². The van der Waals surface area contributed by atoms with Crippen LogP contribution in [-0.2, 0) is 0 Å². The van der Waals surface area contributed by atoms with Crippen LogP contribution in [0.5, 0.6) is 0 Å². The summed E-state index contributed by atoms with van der Waals surface area (Å²) in [6.07, 6.45) is 7.10. The lowest BCUT2D eigenvalue weighted by Gasteiger charge is -2.46. The number of piperidine rings is 1. The molecule has 3 atom stereocenters. The number of likely N-dealkylation sites (tertiary alicyclic amines) is 1. The Hall–Kier alpha value is -0.0800. The van der Waals surface area contributed by atoms with E-state index in [2.05, 4.69) is 51.8 Å². The van der Waals surface area contributed by atoms with Crippen molar-refractivity contribution in [1.82, 2.24) is 10.2 Å². The molecular weight excluding hydrogens is 256 g/mol. The number of nitrogens with one attached hydrogen (secondary N) is 1. The molecule has 1 aliphatic heterocycles. The van der Waals surface area contributed by atoms with Crippen molar-refractivity contribution in [1.29, 1.82) is 0 Å². The summed E-state index contributed by atoms with van der Waals surface area (Å²) < 4.78 is 0. The van der Waals surface area contributed by atoms with E-state index in [0.717, 1.165) is 17.9 Å². The van der Waals surface area contributed by atoms with E-state index in [0.29, 0.717) is 5.41 Å².